The van der Waals surface area contributed by atoms with Crippen LogP contribution in [0, 0.1) is 0 Å². The van der Waals surface area contributed by atoms with Gasteiger partial charge < -0.3 is 9.47 Å². The number of amides is 1. The highest BCUT2D eigenvalue weighted by atomic mass is 16.6. The Kier molecular flexibility index (Phi) is 4.15. The Morgan fingerprint density at radius 1 is 1.60 bits per heavy atom. The number of carbonyl (C=O) groups is 2. The number of methoxy groups -OCH3 is 1. The molecule has 0 aliphatic carbocycles. The van der Waals surface area contributed by atoms with Crippen LogP contribution in [0.4, 0.5) is 4.79 Å². The maximum atomic E-state index is 11.5. The topological polar surface area (TPSA) is 55.8 Å². The van der Waals surface area contributed by atoms with E-state index < -0.39 is 12.1 Å². The summed E-state index contributed by atoms with van der Waals surface area (Å²) in [6.07, 6.45) is 2.43. The van der Waals surface area contributed by atoms with E-state index in [9.17, 15) is 9.59 Å². The molecule has 1 atom stereocenters. The van der Waals surface area contributed by atoms with Gasteiger partial charge >= 0.3 is 12.1 Å². The number of esters is 1. The molecule has 15 heavy (non-hydrogen) atoms. The van der Waals surface area contributed by atoms with E-state index in [0.717, 1.165) is 6.42 Å². The van der Waals surface area contributed by atoms with Crippen LogP contribution in [0.3, 0.4) is 0 Å². The first-order chi connectivity index (χ1) is 7.20. The average Bonchev–Trinajstić information content (AvgIpc) is 2.73. The molecule has 1 heterocycles. The van der Waals surface area contributed by atoms with E-state index in [4.69, 9.17) is 4.74 Å². The van der Waals surface area contributed by atoms with Gasteiger partial charge in [-0.15, -0.1) is 0 Å². The smallest absolute Gasteiger partial charge is 0.410 e. The van der Waals surface area contributed by atoms with Crippen LogP contribution >= 0.6 is 0 Å². The Morgan fingerprint density at radius 2 is 2.33 bits per heavy atom. The van der Waals surface area contributed by atoms with Crippen molar-refractivity contribution >= 4 is 12.1 Å². The van der Waals surface area contributed by atoms with Gasteiger partial charge in [0.25, 0.3) is 0 Å². The van der Waals surface area contributed by atoms with Gasteiger partial charge in [0, 0.05) is 6.54 Å². The SMILES string of the molecule is C=CCOC(=O)N1CCC[C@H]1C(=O)OC. The second-order valence-corrected chi connectivity index (χ2v) is 3.24. The van der Waals surface area contributed by atoms with E-state index in [-0.39, 0.29) is 12.6 Å². The highest BCUT2D eigenvalue weighted by Crippen LogP contribution is 2.19. The number of ether oxygens (including phenoxy) is 2. The van der Waals surface area contributed by atoms with E-state index in [1.807, 2.05) is 0 Å². The van der Waals surface area contributed by atoms with Gasteiger partial charge in [-0.25, -0.2) is 9.59 Å². The summed E-state index contributed by atoms with van der Waals surface area (Å²) in [7, 11) is 1.31. The number of rotatable bonds is 3. The largest absolute Gasteiger partial charge is 0.467 e. The Labute approximate surface area is 88.6 Å². The fourth-order valence-electron chi connectivity index (χ4n) is 1.58. The third kappa shape index (κ3) is 2.71. The molecule has 0 aromatic heterocycles. The van der Waals surface area contributed by atoms with Crippen LogP contribution in [0.25, 0.3) is 0 Å². The highest BCUT2D eigenvalue weighted by molar-refractivity contribution is 5.82. The van der Waals surface area contributed by atoms with Crippen molar-refractivity contribution in [2.75, 3.05) is 20.3 Å². The van der Waals surface area contributed by atoms with Gasteiger partial charge in [-0.1, -0.05) is 12.7 Å². The first-order valence-electron chi connectivity index (χ1n) is 4.82. The highest BCUT2D eigenvalue weighted by Gasteiger charge is 2.35. The van der Waals surface area contributed by atoms with Gasteiger partial charge in [0.15, 0.2) is 0 Å². The molecule has 1 aliphatic heterocycles. The normalized spacial score (nSPS) is 19.8. The van der Waals surface area contributed by atoms with Gasteiger partial charge in [-0.3, -0.25) is 4.90 Å². The number of hydrogen-bond acceptors (Lipinski definition) is 4. The Hall–Kier alpha value is -1.52. The minimum absolute atomic E-state index is 0.156. The Balaban J connectivity index is 2.55. The molecule has 5 nitrogen and oxygen atoms in total. The van der Waals surface area contributed by atoms with Gasteiger partial charge in [0.2, 0.25) is 0 Å². The zero-order valence-electron chi connectivity index (χ0n) is 8.77. The number of nitrogens with zero attached hydrogens (tertiary/aromatic N) is 1. The van der Waals surface area contributed by atoms with E-state index in [0.29, 0.717) is 13.0 Å². The molecule has 5 heteroatoms. The van der Waals surface area contributed by atoms with Gasteiger partial charge in [-0.05, 0) is 12.8 Å². The molecule has 1 aliphatic rings. The van der Waals surface area contributed by atoms with Crippen LogP contribution in [-0.2, 0) is 14.3 Å². The van der Waals surface area contributed by atoms with Crippen LogP contribution in [0.5, 0.6) is 0 Å². The Bertz CT molecular complexity index is 264. The van der Waals surface area contributed by atoms with E-state index in [1.54, 1.807) is 0 Å². The molecule has 1 rings (SSSR count). The zero-order chi connectivity index (χ0) is 11.3. The molecule has 1 saturated heterocycles. The number of likely N-dealkylation sites (tertiary alicyclic amines) is 1. The lowest BCUT2D eigenvalue weighted by atomic mass is 10.2. The summed E-state index contributed by atoms with van der Waals surface area (Å²) in [5.41, 5.74) is 0. The Morgan fingerprint density at radius 3 is 2.93 bits per heavy atom. The van der Waals surface area contributed by atoms with E-state index in [2.05, 4.69) is 11.3 Å². The summed E-state index contributed by atoms with van der Waals surface area (Å²) in [6, 6.07) is -0.493. The van der Waals surface area contributed by atoms with Crippen molar-refractivity contribution in [2.45, 2.75) is 18.9 Å². The van der Waals surface area contributed by atoms with E-state index in [1.165, 1.54) is 18.1 Å². The molecule has 0 aromatic carbocycles. The maximum absolute atomic E-state index is 11.5. The molecule has 0 spiro atoms. The van der Waals surface area contributed by atoms with E-state index >= 15 is 0 Å². The molecule has 0 unspecified atom stereocenters. The lowest BCUT2D eigenvalue weighted by Crippen LogP contribution is -2.41. The lowest BCUT2D eigenvalue weighted by molar-refractivity contribution is -0.145. The first-order valence-corrected chi connectivity index (χ1v) is 4.82. The minimum Gasteiger partial charge on any atom is -0.467 e. The molecular formula is C10H15NO4. The number of carbonyl (C=O) groups excluding carboxylic acids is 2. The third-order valence-electron chi connectivity index (χ3n) is 2.29. The summed E-state index contributed by atoms with van der Waals surface area (Å²) in [5.74, 6) is -0.386. The fourth-order valence-corrected chi connectivity index (χ4v) is 1.58. The van der Waals surface area contributed by atoms with Crippen LogP contribution < -0.4 is 0 Å². The summed E-state index contributed by atoms with van der Waals surface area (Å²) >= 11 is 0. The van der Waals surface area contributed by atoms with Gasteiger partial charge in [0.1, 0.15) is 12.6 Å². The zero-order valence-corrected chi connectivity index (χ0v) is 8.77. The predicted molar refractivity (Wildman–Crippen MR) is 53.3 cm³/mol. The van der Waals surface area contributed by atoms with Crippen LogP contribution in [0.2, 0.25) is 0 Å². The maximum Gasteiger partial charge on any atom is 0.410 e. The van der Waals surface area contributed by atoms with Crippen molar-refractivity contribution < 1.29 is 19.1 Å². The molecule has 1 amide bonds. The van der Waals surface area contributed by atoms with Crippen molar-refractivity contribution in [3.8, 4) is 0 Å². The quantitative estimate of drug-likeness (QED) is 0.517. The summed E-state index contributed by atoms with van der Waals surface area (Å²) in [4.78, 5) is 24.2. The number of hydrogen-bond donors (Lipinski definition) is 0. The molecule has 0 aromatic rings. The molecule has 0 N–H and O–H groups in total. The van der Waals surface area contributed by atoms with Crippen molar-refractivity contribution in [1.82, 2.24) is 4.90 Å². The summed E-state index contributed by atoms with van der Waals surface area (Å²) in [5, 5.41) is 0. The average molecular weight is 213 g/mol. The summed E-state index contributed by atoms with van der Waals surface area (Å²) < 4.78 is 9.47. The predicted octanol–water partition coefficient (Wildman–Crippen LogP) is 0.946. The van der Waals surface area contributed by atoms with Crippen LogP contribution in [-0.4, -0.2) is 43.3 Å². The summed E-state index contributed by atoms with van der Waals surface area (Å²) in [6.45, 7) is 4.14. The fraction of sp³-hybridized carbons (Fsp3) is 0.600. The van der Waals surface area contributed by atoms with Crippen molar-refractivity contribution in [1.29, 1.82) is 0 Å². The van der Waals surface area contributed by atoms with Crippen molar-refractivity contribution in [3.05, 3.63) is 12.7 Å². The molecular weight excluding hydrogens is 198 g/mol. The van der Waals surface area contributed by atoms with Crippen LogP contribution in [0.15, 0.2) is 12.7 Å². The molecule has 0 bridgehead atoms. The van der Waals surface area contributed by atoms with Crippen LogP contribution in [0.1, 0.15) is 12.8 Å². The molecule has 0 saturated carbocycles. The lowest BCUT2D eigenvalue weighted by Gasteiger charge is -2.21. The van der Waals surface area contributed by atoms with Gasteiger partial charge in [-0.2, -0.15) is 0 Å². The van der Waals surface area contributed by atoms with Gasteiger partial charge in [0.05, 0.1) is 7.11 Å². The standard InChI is InChI=1S/C10H15NO4/c1-3-7-15-10(13)11-6-4-5-8(11)9(12)14-2/h3,8H,1,4-7H2,2H3/t8-/m0/s1. The minimum atomic E-state index is -0.493. The molecule has 84 valence electrons. The second kappa shape index (κ2) is 5.38. The first kappa shape index (κ1) is 11.6. The van der Waals surface area contributed by atoms with Crippen molar-refractivity contribution in [2.24, 2.45) is 0 Å². The second-order valence-electron chi connectivity index (χ2n) is 3.24. The molecule has 0 radical (unpaired) electrons. The molecule has 1 fully saturated rings. The third-order valence-corrected chi connectivity index (χ3v) is 2.29. The monoisotopic (exact) mass is 213 g/mol. The van der Waals surface area contributed by atoms with Crippen molar-refractivity contribution in [3.63, 3.8) is 0 Å².